The van der Waals surface area contributed by atoms with E-state index >= 15 is 0 Å². The highest BCUT2D eigenvalue weighted by atomic mass is 32.2. The van der Waals surface area contributed by atoms with E-state index < -0.39 is 29.1 Å². The highest BCUT2D eigenvalue weighted by molar-refractivity contribution is 7.99. The molecular formula is C19H28O5S. The molecule has 1 aliphatic heterocycles. The summed E-state index contributed by atoms with van der Waals surface area (Å²) in [6, 6.07) is 9.93. The molecule has 1 aliphatic rings. The molecule has 1 aromatic rings. The molecule has 25 heavy (non-hydrogen) atoms. The first-order valence-electron chi connectivity index (χ1n) is 8.58. The average molecular weight is 368 g/mol. The zero-order valence-electron chi connectivity index (χ0n) is 15.6. The van der Waals surface area contributed by atoms with Crippen molar-refractivity contribution in [3.05, 3.63) is 30.3 Å². The van der Waals surface area contributed by atoms with Gasteiger partial charge in [-0.1, -0.05) is 18.2 Å². The predicted octanol–water partition coefficient (Wildman–Crippen LogP) is 3.39. The van der Waals surface area contributed by atoms with Crippen molar-refractivity contribution >= 4 is 17.7 Å². The maximum Gasteiger partial charge on any atom is 0.344 e. The lowest BCUT2D eigenvalue weighted by molar-refractivity contribution is -0.207. The summed E-state index contributed by atoms with van der Waals surface area (Å²) in [7, 11) is 0. The van der Waals surface area contributed by atoms with Gasteiger partial charge in [0.1, 0.15) is 5.60 Å². The number of aliphatic hydroxyl groups is 1. The van der Waals surface area contributed by atoms with Crippen LogP contribution in [0.4, 0.5) is 0 Å². The number of carbonyl (C=O) groups is 1. The van der Waals surface area contributed by atoms with Crippen LogP contribution in [0.1, 0.15) is 41.0 Å². The summed E-state index contributed by atoms with van der Waals surface area (Å²) >= 11 is 1.62. The van der Waals surface area contributed by atoms with E-state index in [1.165, 1.54) is 0 Å². The Balaban J connectivity index is 2.16. The van der Waals surface area contributed by atoms with Crippen molar-refractivity contribution in [2.45, 2.75) is 69.0 Å². The zero-order chi connectivity index (χ0) is 18.7. The van der Waals surface area contributed by atoms with Crippen LogP contribution in [-0.4, -0.2) is 46.5 Å². The van der Waals surface area contributed by atoms with E-state index in [1.54, 1.807) is 46.4 Å². The van der Waals surface area contributed by atoms with Gasteiger partial charge in [0.05, 0.1) is 12.7 Å². The fraction of sp³-hybridized carbons (Fsp3) is 0.632. The van der Waals surface area contributed by atoms with Gasteiger partial charge < -0.3 is 19.3 Å². The van der Waals surface area contributed by atoms with Crippen molar-refractivity contribution in [1.29, 1.82) is 0 Å². The standard InChI is InChI=1S/C19H28O5S/c1-6-22-16(21)19(17(2,3)23-18(4,5)24-19)15(20)12-13-25-14-10-8-7-9-11-14/h7-11,15,20H,6,12-13H2,1-5H3. The van der Waals surface area contributed by atoms with Crippen molar-refractivity contribution in [3.8, 4) is 0 Å². The number of hydrogen-bond donors (Lipinski definition) is 1. The predicted molar refractivity (Wildman–Crippen MR) is 97.5 cm³/mol. The Hall–Kier alpha value is -1.08. The molecule has 0 amide bonds. The minimum absolute atomic E-state index is 0.214. The maximum atomic E-state index is 12.8. The fourth-order valence-corrected chi connectivity index (χ4v) is 4.29. The summed E-state index contributed by atoms with van der Waals surface area (Å²) in [5.74, 6) is -0.918. The highest BCUT2D eigenvalue weighted by Crippen LogP contribution is 2.47. The molecular weight excluding hydrogens is 340 g/mol. The van der Waals surface area contributed by atoms with Crippen molar-refractivity contribution in [2.75, 3.05) is 12.4 Å². The van der Waals surface area contributed by atoms with Crippen LogP contribution < -0.4 is 0 Å². The first-order chi connectivity index (χ1) is 11.6. The van der Waals surface area contributed by atoms with Crippen LogP contribution in [0, 0.1) is 0 Å². The molecule has 2 atom stereocenters. The van der Waals surface area contributed by atoms with E-state index in [1.807, 2.05) is 30.3 Å². The van der Waals surface area contributed by atoms with Crippen LogP contribution in [0.25, 0.3) is 0 Å². The monoisotopic (exact) mass is 368 g/mol. The molecule has 0 saturated carbocycles. The molecule has 0 aromatic heterocycles. The second kappa shape index (κ2) is 7.66. The fourth-order valence-electron chi connectivity index (χ4n) is 3.36. The number of ether oxygens (including phenoxy) is 3. The summed E-state index contributed by atoms with van der Waals surface area (Å²) in [6.07, 6.45) is -0.666. The molecule has 2 rings (SSSR count). The smallest absolute Gasteiger partial charge is 0.344 e. The lowest BCUT2D eigenvalue weighted by Crippen LogP contribution is -2.62. The van der Waals surface area contributed by atoms with Crippen molar-refractivity contribution < 1.29 is 24.1 Å². The van der Waals surface area contributed by atoms with E-state index in [-0.39, 0.29) is 6.61 Å². The van der Waals surface area contributed by atoms with Crippen LogP contribution in [-0.2, 0) is 19.0 Å². The normalized spacial score (nSPS) is 25.5. The molecule has 1 heterocycles. The Labute approximate surface area is 154 Å². The van der Waals surface area contributed by atoms with E-state index in [0.717, 1.165) is 4.90 Å². The minimum Gasteiger partial charge on any atom is -0.464 e. The van der Waals surface area contributed by atoms with Crippen molar-refractivity contribution in [2.24, 2.45) is 0 Å². The van der Waals surface area contributed by atoms with Gasteiger partial charge in [0, 0.05) is 10.6 Å². The number of esters is 1. The molecule has 2 unspecified atom stereocenters. The second-order valence-corrected chi connectivity index (χ2v) is 8.20. The number of thioether (sulfide) groups is 1. The largest absolute Gasteiger partial charge is 0.464 e. The zero-order valence-corrected chi connectivity index (χ0v) is 16.4. The lowest BCUT2D eigenvalue weighted by Gasteiger charge is -2.39. The topological polar surface area (TPSA) is 65.0 Å². The molecule has 0 spiro atoms. The van der Waals surface area contributed by atoms with Gasteiger partial charge >= 0.3 is 5.97 Å². The summed E-state index contributed by atoms with van der Waals surface area (Å²) < 4.78 is 17.1. The minimum atomic E-state index is -1.55. The van der Waals surface area contributed by atoms with Gasteiger partial charge in [-0.15, -0.1) is 11.8 Å². The van der Waals surface area contributed by atoms with E-state index in [2.05, 4.69) is 0 Å². The number of aliphatic hydroxyl groups excluding tert-OH is 1. The van der Waals surface area contributed by atoms with Crippen LogP contribution >= 0.6 is 11.8 Å². The maximum absolute atomic E-state index is 12.8. The summed E-state index contributed by atoms with van der Waals surface area (Å²) in [5.41, 5.74) is -2.57. The number of carbonyl (C=O) groups excluding carboxylic acids is 1. The van der Waals surface area contributed by atoms with E-state index in [0.29, 0.717) is 12.2 Å². The van der Waals surface area contributed by atoms with Crippen molar-refractivity contribution in [1.82, 2.24) is 0 Å². The quantitative estimate of drug-likeness (QED) is 0.588. The van der Waals surface area contributed by atoms with E-state index in [4.69, 9.17) is 14.2 Å². The molecule has 1 N–H and O–H groups in total. The number of benzene rings is 1. The van der Waals surface area contributed by atoms with Gasteiger partial charge in [-0.05, 0) is 53.2 Å². The Morgan fingerprint density at radius 1 is 1.20 bits per heavy atom. The van der Waals surface area contributed by atoms with Gasteiger partial charge in [0.2, 0.25) is 5.60 Å². The van der Waals surface area contributed by atoms with Crippen LogP contribution in [0.3, 0.4) is 0 Å². The molecule has 0 bridgehead atoms. The van der Waals surface area contributed by atoms with Gasteiger partial charge in [-0.3, -0.25) is 0 Å². The average Bonchev–Trinajstić information content (AvgIpc) is 2.73. The van der Waals surface area contributed by atoms with Gasteiger partial charge in [0.25, 0.3) is 0 Å². The first-order valence-corrected chi connectivity index (χ1v) is 9.56. The summed E-state index contributed by atoms with van der Waals surface area (Å²) in [6.45, 7) is 8.93. The Bertz CT molecular complexity index is 587. The van der Waals surface area contributed by atoms with Crippen LogP contribution in [0.15, 0.2) is 35.2 Å². The van der Waals surface area contributed by atoms with Gasteiger partial charge in [-0.2, -0.15) is 0 Å². The van der Waals surface area contributed by atoms with Gasteiger partial charge in [0.15, 0.2) is 5.79 Å². The molecule has 1 saturated heterocycles. The molecule has 5 nitrogen and oxygen atoms in total. The molecule has 1 fully saturated rings. The third kappa shape index (κ3) is 4.19. The van der Waals surface area contributed by atoms with Crippen molar-refractivity contribution in [3.63, 3.8) is 0 Å². The summed E-state index contributed by atoms with van der Waals surface area (Å²) in [4.78, 5) is 13.9. The third-order valence-electron chi connectivity index (χ3n) is 4.25. The Morgan fingerprint density at radius 3 is 2.36 bits per heavy atom. The van der Waals surface area contributed by atoms with Crippen LogP contribution in [0.5, 0.6) is 0 Å². The molecule has 6 heteroatoms. The molecule has 140 valence electrons. The summed E-state index contributed by atoms with van der Waals surface area (Å²) in [5, 5.41) is 10.9. The molecule has 1 aromatic carbocycles. The third-order valence-corrected chi connectivity index (χ3v) is 5.30. The Morgan fingerprint density at radius 2 is 1.84 bits per heavy atom. The number of hydrogen-bond acceptors (Lipinski definition) is 6. The SMILES string of the molecule is CCOC(=O)C1(C(O)CCSc2ccccc2)OC(C)(C)OC1(C)C. The highest BCUT2D eigenvalue weighted by Gasteiger charge is 2.67. The first kappa shape index (κ1) is 20.2. The second-order valence-electron chi connectivity index (χ2n) is 7.04. The number of rotatable bonds is 7. The molecule has 0 aliphatic carbocycles. The van der Waals surface area contributed by atoms with Crippen LogP contribution in [0.2, 0.25) is 0 Å². The molecule has 0 radical (unpaired) electrons. The Kier molecular flexibility index (Phi) is 6.20. The lowest BCUT2D eigenvalue weighted by atomic mass is 9.80. The van der Waals surface area contributed by atoms with E-state index in [9.17, 15) is 9.90 Å². The van der Waals surface area contributed by atoms with Gasteiger partial charge in [-0.25, -0.2) is 4.79 Å².